The van der Waals surface area contributed by atoms with E-state index in [1.54, 1.807) is 18.2 Å². The van der Waals surface area contributed by atoms with Crippen molar-refractivity contribution < 1.29 is 13.7 Å². The van der Waals surface area contributed by atoms with Crippen molar-refractivity contribution in [3.63, 3.8) is 0 Å². The van der Waals surface area contributed by atoms with Crippen LogP contribution >= 0.6 is 0 Å². The number of halogens is 1. The van der Waals surface area contributed by atoms with E-state index >= 15 is 0 Å². The highest BCUT2D eigenvalue weighted by molar-refractivity contribution is 5.80. The number of hydrogen-bond acceptors (Lipinski definition) is 5. The summed E-state index contributed by atoms with van der Waals surface area (Å²) in [5.41, 5.74) is 2.05. The fourth-order valence-corrected chi connectivity index (χ4v) is 4.18. The van der Waals surface area contributed by atoms with Crippen LogP contribution in [0.2, 0.25) is 0 Å². The molecule has 1 aliphatic heterocycles. The quantitative estimate of drug-likeness (QED) is 0.747. The van der Waals surface area contributed by atoms with Gasteiger partial charge in [-0.05, 0) is 43.2 Å². The Balaban J connectivity index is 1.33. The van der Waals surface area contributed by atoms with Gasteiger partial charge in [0.25, 0.3) is 5.89 Å². The van der Waals surface area contributed by atoms with E-state index in [-0.39, 0.29) is 17.6 Å². The van der Waals surface area contributed by atoms with Crippen LogP contribution in [0.15, 0.2) is 34.9 Å². The Labute approximate surface area is 160 Å². The molecule has 1 N–H and O–H groups in total. The number of aromatic nitrogens is 4. The second-order valence-electron chi connectivity index (χ2n) is 7.52. The molecule has 2 aromatic heterocycles. The van der Waals surface area contributed by atoms with E-state index < -0.39 is 0 Å². The van der Waals surface area contributed by atoms with E-state index in [0.717, 1.165) is 18.4 Å². The number of carbonyl (C=O) groups excluding carboxylic acids is 1. The molecule has 0 radical (unpaired) electrons. The maximum atomic E-state index is 13.1. The van der Waals surface area contributed by atoms with Gasteiger partial charge in [0.1, 0.15) is 11.5 Å². The lowest BCUT2D eigenvalue weighted by atomic mass is 10.1. The zero-order valence-corrected chi connectivity index (χ0v) is 15.3. The van der Waals surface area contributed by atoms with Gasteiger partial charge in [-0.1, -0.05) is 18.0 Å². The van der Waals surface area contributed by atoms with Crippen LogP contribution < -0.4 is 0 Å². The van der Waals surface area contributed by atoms with Crippen LogP contribution in [0.4, 0.5) is 4.39 Å². The Morgan fingerprint density at radius 3 is 2.75 bits per heavy atom. The summed E-state index contributed by atoms with van der Waals surface area (Å²) < 4.78 is 18.5. The summed E-state index contributed by atoms with van der Waals surface area (Å²) in [4.78, 5) is 18.9. The molecule has 1 saturated carbocycles. The maximum Gasteiger partial charge on any atom is 0.275 e. The molecule has 0 unspecified atom stereocenters. The summed E-state index contributed by atoms with van der Waals surface area (Å²) in [5, 5.41) is 11.2. The first-order chi connectivity index (χ1) is 13.7. The molecule has 2 fully saturated rings. The van der Waals surface area contributed by atoms with Crippen molar-refractivity contribution >= 4 is 5.91 Å². The standard InChI is InChI=1S/C20H20FN5O2/c21-14-7-5-12(6-8-14)16-10-17(24-23-16)20-22-19(25-28-20)13-9-18(27)26(11-13)15-3-1-2-4-15/h5-8,10,13,15H,1-4,9,11H2,(H,23,24)/t13-/m0/s1. The van der Waals surface area contributed by atoms with E-state index in [1.807, 2.05) is 4.90 Å². The van der Waals surface area contributed by atoms with Crippen molar-refractivity contribution in [1.82, 2.24) is 25.2 Å². The average Bonchev–Trinajstić information content (AvgIpc) is 3.47. The molecule has 144 valence electrons. The third kappa shape index (κ3) is 3.08. The maximum absolute atomic E-state index is 13.1. The van der Waals surface area contributed by atoms with E-state index in [2.05, 4.69) is 20.3 Å². The van der Waals surface area contributed by atoms with Crippen molar-refractivity contribution in [1.29, 1.82) is 0 Å². The zero-order valence-electron chi connectivity index (χ0n) is 15.3. The fourth-order valence-electron chi connectivity index (χ4n) is 4.18. The summed E-state index contributed by atoms with van der Waals surface area (Å²) in [6, 6.07) is 8.26. The SMILES string of the molecule is O=C1C[C@H](c2noc(-c3cc(-c4ccc(F)cc4)n[nH]3)n2)CN1C1CCCC1. The Morgan fingerprint density at radius 2 is 1.96 bits per heavy atom. The lowest BCUT2D eigenvalue weighted by Crippen LogP contribution is -2.34. The normalized spacial score (nSPS) is 20.4. The third-order valence-electron chi connectivity index (χ3n) is 5.68. The molecule has 3 heterocycles. The zero-order chi connectivity index (χ0) is 19.1. The molecular weight excluding hydrogens is 361 g/mol. The van der Waals surface area contributed by atoms with Crippen LogP contribution in [0.5, 0.6) is 0 Å². The topological polar surface area (TPSA) is 87.9 Å². The van der Waals surface area contributed by atoms with Gasteiger partial charge < -0.3 is 9.42 Å². The van der Waals surface area contributed by atoms with Crippen LogP contribution in [0, 0.1) is 5.82 Å². The molecule has 2 aliphatic rings. The predicted molar refractivity (Wildman–Crippen MR) is 98.6 cm³/mol. The molecule has 28 heavy (non-hydrogen) atoms. The van der Waals surface area contributed by atoms with Gasteiger partial charge in [0.2, 0.25) is 5.91 Å². The highest BCUT2D eigenvalue weighted by Crippen LogP contribution is 2.33. The monoisotopic (exact) mass is 381 g/mol. The molecule has 0 bridgehead atoms. The van der Waals surface area contributed by atoms with Crippen LogP contribution in [0.3, 0.4) is 0 Å². The predicted octanol–water partition coefficient (Wildman–Crippen LogP) is 3.52. The van der Waals surface area contributed by atoms with E-state index in [9.17, 15) is 9.18 Å². The Bertz CT molecular complexity index is 990. The van der Waals surface area contributed by atoms with Crippen molar-refractivity contribution in [2.75, 3.05) is 6.54 Å². The van der Waals surface area contributed by atoms with Gasteiger partial charge in [-0.15, -0.1) is 0 Å². The van der Waals surface area contributed by atoms with Crippen molar-refractivity contribution in [2.24, 2.45) is 0 Å². The molecule has 1 saturated heterocycles. The third-order valence-corrected chi connectivity index (χ3v) is 5.68. The van der Waals surface area contributed by atoms with Gasteiger partial charge in [0, 0.05) is 30.5 Å². The molecule has 7 nitrogen and oxygen atoms in total. The van der Waals surface area contributed by atoms with Crippen LogP contribution in [-0.4, -0.2) is 43.7 Å². The van der Waals surface area contributed by atoms with Gasteiger partial charge in [-0.25, -0.2) is 4.39 Å². The van der Waals surface area contributed by atoms with Crippen LogP contribution in [0.25, 0.3) is 22.8 Å². The lowest BCUT2D eigenvalue weighted by Gasteiger charge is -2.23. The first-order valence-corrected chi connectivity index (χ1v) is 9.62. The number of likely N-dealkylation sites (tertiary alicyclic amines) is 1. The summed E-state index contributed by atoms with van der Waals surface area (Å²) in [6.07, 6.45) is 5.01. The van der Waals surface area contributed by atoms with Gasteiger partial charge in [-0.2, -0.15) is 10.1 Å². The molecule has 5 rings (SSSR count). The van der Waals surface area contributed by atoms with Crippen LogP contribution in [0.1, 0.15) is 43.8 Å². The number of aromatic amines is 1. The first kappa shape index (κ1) is 17.1. The van der Waals surface area contributed by atoms with Crippen molar-refractivity contribution in [3.05, 3.63) is 42.0 Å². The van der Waals surface area contributed by atoms with Crippen LogP contribution in [-0.2, 0) is 4.79 Å². The van der Waals surface area contributed by atoms with Gasteiger partial charge >= 0.3 is 0 Å². The summed E-state index contributed by atoms with van der Waals surface area (Å²) in [6.45, 7) is 0.659. The fraction of sp³-hybridized carbons (Fsp3) is 0.400. The molecule has 0 spiro atoms. The number of amides is 1. The number of carbonyl (C=O) groups is 1. The molecule has 1 amide bonds. The van der Waals surface area contributed by atoms with Gasteiger partial charge in [0.15, 0.2) is 5.82 Å². The van der Waals surface area contributed by atoms with E-state index in [4.69, 9.17) is 4.52 Å². The minimum Gasteiger partial charge on any atom is -0.339 e. The molecule has 3 aromatic rings. The van der Waals surface area contributed by atoms with Crippen molar-refractivity contribution in [3.8, 4) is 22.8 Å². The molecule has 1 atom stereocenters. The lowest BCUT2D eigenvalue weighted by molar-refractivity contribution is -0.129. The molecule has 8 heteroatoms. The van der Waals surface area contributed by atoms with E-state index in [0.29, 0.717) is 42.1 Å². The summed E-state index contributed by atoms with van der Waals surface area (Å²) in [7, 11) is 0. The average molecular weight is 381 g/mol. The van der Waals surface area contributed by atoms with Gasteiger partial charge in [0.05, 0.1) is 5.69 Å². The number of rotatable bonds is 4. The highest BCUT2D eigenvalue weighted by Gasteiger charge is 2.38. The van der Waals surface area contributed by atoms with Gasteiger partial charge in [-0.3, -0.25) is 9.89 Å². The molecular formula is C20H20FN5O2. The Hall–Kier alpha value is -3.03. The summed E-state index contributed by atoms with van der Waals surface area (Å²) in [5.74, 6) is 0.747. The van der Waals surface area contributed by atoms with Crippen molar-refractivity contribution in [2.45, 2.75) is 44.1 Å². The minimum atomic E-state index is -0.293. The molecule has 1 aliphatic carbocycles. The number of benzene rings is 1. The highest BCUT2D eigenvalue weighted by atomic mass is 19.1. The number of H-pyrrole nitrogens is 1. The second-order valence-corrected chi connectivity index (χ2v) is 7.52. The smallest absolute Gasteiger partial charge is 0.275 e. The number of nitrogens with zero attached hydrogens (tertiary/aromatic N) is 4. The number of nitrogens with one attached hydrogen (secondary N) is 1. The number of hydrogen-bond donors (Lipinski definition) is 1. The molecule has 1 aromatic carbocycles. The second kappa shape index (κ2) is 6.85. The largest absolute Gasteiger partial charge is 0.339 e. The minimum absolute atomic E-state index is 0.0370. The Kier molecular flexibility index (Phi) is 4.18. The van der Waals surface area contributed by atoms with E-state index in [1.165, 1.54) is 25.0 Å². The summed E-state index contributed by atoms with van der Waals surface area (Å²) >= 11 is 0. The first-order valence-electron chi connectivity index (χ1n) is 9.62. The Morgan fingerprint density at radius 1 is 1.18 bits per heavy atom.